The van der Waals surface area contributed by atoms with Crippen molar-refractivity contribution in [2.75, 3.05) is 46.4 Å². The number of nitrogens with two attached hydrogens (primary N) is 1. The Bertz CT molecular complexity index is 370. The summed E-state index contributed by atoms with van der Waals surface area (Å²) in [6.07, 6.45) is 5.77. The van der Waals surface area contributed by atoms with Gasteiger partial charge in [0, 0.05) is 45.2 Å². The van der Waals surface area contributed by atoms with Crippen molar-refractivity contribution in [3.05, 3.63) is 0 Å². The molecule has 2 atom stereocenters. The van der Waals surface area contributed by atoms with Crippen molar-refractivity contribution >= 4 is 5.91 Å². The molecule has 0 aromatic rings. The number of nitrogens with zero attached hydrogens (tertiary/aromatic N) is 2. The fraction of sp³-hybridized carbons (Fsp3) is 0.941. The number of carbonyl (C=O) groups excluding carboxylic acids is 1. The van der Waals surface area contributed by atoms with E-state index in [0.29, 0.717) is 23.8 Å². The van der Waals surface area contributed by atoms with Gasteiger partial charge in [-0.2, -0.15) is 0 Å². The minimum absolute atomic E-state index is 0.213. The normalized spacial score (nSPS) is 36.1. The van der Waals surface area contributed by atoms with Crippen molar-refractivity contribution in [1.82, 2.24) is 9.80 Å². The second kappa shape index (κ2) is 7.28. The van der Waals surface area contributed by atoms with E-state index in [1.54, 1.807) is 0 Å². The standard InChI is InChI=1S/C17H31N3O2/c1-19(5-6-20-7-9-22-10-8-20)17(21)15-11-13-3-2-4-14(12-15)16(13)18/h13-16H,2-12,18H2,1H3. The summed E-state index contributed by atoms with van der Waals surface area (Å²) >= 11 is 0. The molecule has 1 heterocycles. The number of fused-ring (bicyclic) bond motifs is 2. The van der Waals surface area contributed by atoms with Crippen LogP contribution < -0.4 is 5.73 Å². The van der Waals surface area contributed by atoms with Crippen LogP contribution in [0, 0.1) is 17.8 Å². The van der Waals surface area contributed by atoms with Crippen LogP contribution >= 0.6 is 0 Å². The van der Waals surface area contributed by atoms with Gasteiger partial charge in [-0.05, 0) is 37.5 Å². The maximum atomic E-state index is 12.8. The number of amides is 1. The van der Waals surface area contributed by atoms with Crippen molar-refractivity contribution in [3.63, 3.8) is 0 Å². The van der Waals surface area contributed by atoms with Gasteiger partial charge in [0.05, 0.1) is 13.2 Å². The zero-order valence-electron chi connectivity index (χ0n) is 13.9. The average molecular weight is 309 g/mol. The summed E-state index contributed by atoms with van der Waals surface area (Å²) in [4.78, 5) is 17.1. The van der Waals surface area contributed by atoms with E-state index >= 15 is 0 Å². The molecule has 5 nitrogen and oxygen atoms in total. The Kier molecular flexibility index (Phi) is 5.37. The van der Waals surface area contributed by atoms with Gasteiger partial charge in [-0.3, -0.25) is 9.69 Å². The Morgan fingerprint density at radius 2 is 1.86 bits per heavy atom. The highest BCUT2D eigenvalue weighted by Gasteiger charge is 2.41. The van der Waals surface area contributed by atoms with E-state index in [-0.39, 0.29) is 5.92 Å². The molecule has 1 saturated heterocycles. The van der Waals surface area contributed by atoms with E-state index in [0.717, 1.165) is 52.2 Å². The molecule has 1 aliphatic heterocycles. The molecule has 3 fully saturated rings. The quantitative estimate of drug-likeness (QED) is 0.839. The summed E-state index contributed by atoms with van der Waals surface area (Å²) in [5, 5.41) is 0. The molecule has 0 radical (unpaired) electrons. The summed E-state index contributed by atoms with van der Waals surface area (Å²) < 4.78 is 5.37. The first-order chi connectivity index (χ1) is 10.6. The average Bonchev–Trinajstić information content (AvgIpc) is 2.52. The van der Waals surface area contributed by atoms with Crippen LogP contribution in [0.4, 0.5) is 0 Å². The van der Waals surface area contributed by atoms with E-state index in [2.05, 4.69) is 4.90 Å². The summed E-state index contributed by atoms with van der Waals surface area (Å²) in [5.41, 5.74) is 6.34. The highest BCUT2D eigenvalue weighted by Crippen LogP contribution is 2.42. The predicted molar refractivity (Wildman–Crippen MR) is 86.4 cm³/mol. The highest BCUT2D eigenvalue weighted by atomic mass is 16.5. The largest absolute Gasteiger partial charge is 0.379 e. The molecular formula is C17H31N3O2. The minimum Gasteiger partial charge on any atom is -0.379 e. The molecule has 2 saturated carbocycles. The molecule has 3 aliphatic rings. The molecule has 2 unspecified atom stereocenters. The first-order valence-electron chi connectivity index (χ1n) is 8.96. The molecule has 2 aliphatic carbocycles. The van der Waals surface area contributed by atoms with Crippen LogP contribution in [0.3, 0.4) is 0 Å². The van der Waals surface area contributed by atoms with Crippen molar-refractivity contribution in [1.29, 1.82) is 0 Å². The molecule has 0 aromatic heterocycles. The second-order valence-corrected chi connectivity index (χ2v) is 7.41. The van der Waals surface area contributed by atoms with Crippen LogP contribution in [-0.2, 0) is 9.53 Å². The van der Waals surface area contributed by atoms with Crippen LogP contribution in [0.15, 0.2) is 0 Å². The number of ether oxygens (including phenoxy) is 1. The number of hydrogen-bond acceptors (Lipinski definition) is 4. The third kappa shape index (κ3) is 3.63. The van der Waals surface area contributed by atoms with Gasteiger partial charge in [0.1, 0.15) is 0 Å². The topological polar surface area (TPSA) is 58.8 Å². The lowest BCUT2D eigenvalue weighted by Gasteiger charge is -2.44. The Labute approximate surface area is 134 Å². The predicted octanol–water partition coefficient (Wildman–Crippen LogP) is 0.931. The maximum Gasteiger partial charge on any atom is 0.225 e. The molecular weight excluding hydrogens is 278 g/mol. The van der Waals surface area contributed by atoms with E-state index in [1.165, 1.54) is 19.3 Å². The summed E-state index contributed by atoms with van der Waals surface area (Å²) in [7, 11) is 1.97. The molecule has 3 rings (SSSR count). The van der Waals surface area contributed by atoms with Crippen LogP contribution in [-0.4, -0.2) is 68.2 Å². The Morgan fingerprint density at radius 1 is 1.23 bits per heavy atom. The SMILES string of the molecule is CN(CCN1CCOCC1)C(=O)C1CC2CCCC(C1)C2N. The Balaban J connectivity index is 1.48. The number of carbonyl (C=O) groups is 1. The first-order valence-corrected chi connectivity index (χ1v) is 8.96. The van der Waals surface area contributed by atoms with E-state index in [1.807, 2.05) is 11.9 Å². The monoisotopic (exact) mass is 309 g/mol. The van der Waals surface area contributed by atoms with Crippen LogP contribution in [0.1, 0.15) is 32.1 Å². The highest BCUT2D eigenvalue weighted by molar-refractivity contribution is 5.78. The van der Waals surface area contributed by atoms with E-state index < -0.39 is 0 Å². The van der Waals surface area contributed by atoms with Gasteiger partial charge in [0.25, 0.3) is 0 Å². The Hall–Kier alpha value is -0.650. The summed E-state index contributed by atoms with van der Waals surface area (Å²) in [6.45, 7) is 5.42. The van der Waals surface area contributed by atoms with Crippen molar-refractivity contribution < 1.29 is 9.53 Å². The van der Waals surface area contributed by atoms with Crippen LogP contribution in [0.25, 0.3) is 0 Å². The second-order valence-electron chi connectivity index (χ2n) is 7.41. The molecule has 1 amide bonds. The van der Waals surface area contributed by atoms with Gasteiger partial charge < -0.3 is 15.4 Å². The molecule has 126 valence electrons. The van der Waals surface area contributed by atoms with Gasteiger partial charge in [-0.15, -0.1) is 0 Å². The zero-order chi connectivity index (χ0) is 15.5. The van der Waals surface area contributed by atoms with Gasteiger partial charge in [-0.1, -0.05) is 6.42 Å². The van der Waals surface area contributed by atoms with Gasteiger partial charge in [-0.25, -0.2) is 0 Å². The minimum atomic E-state index is 0.213. The fourth-order valence-corrected chi connectivity index (χ4v) is 4.53. The lowest BCUT2D eigenvalue weighted by atomic mass is 9.65. The van der Waals surface area contributed by atoms with Crippen molar-refractivity contribution in [2.45, 2.75) is 38.1 Å². The lowest BCUT2D eigenvalue weighted by molar-refractivity contribution is -0.137. The van der Waals surface area contributed by atoms with Crippen LogP contribution in [0.5, 0.6) is 0 Å². The third-order valence-corrected chi connectivity index (χ3v) is 5.99. The van der Waals surface area contributed by atoms with Gasteiger partial charge >= 0.3 is 0 Å². The number of hydrogen-bond donors (Lipinski definition) is 1. The van der Waals surface area contributed by atoms with E-state index in [4.69, 9.17) is 10.5 Å². The zero-order valence-corrected chi connectivity index (χ0v) is 13.9. The van der Waals surface area contributed by atoms with Gasteiger partial charge in [0.15, 0.2) is 0 Å². The van der Waals surface area contributed by atoms with Crippen molar-refractivity contribution in [3.8, 4) is 0 Å². The molecule has 5 heteroatoms. The smallest absolute Gasteiger partial charge is 0.225 e. The summed E-state index contributed by atoms with van der Waals surface area (Å²) in [5.74, 6) is 1.71. The van der Waals surface area contributed by atoms with Gasteiger partial charge in [0.2, 0.25) is 5.91 Å². The number of rotatable bonds is 4. The first kappa shape index (κ1) is 16.2. The Morgan fingerprint density at radius 3 is 2.50 bits per heavy atom. The van der Waals surface area contributed by atoms with Crippen molar-refractivity contribution in [2.24, 2.45) is 23.5 Å². The van der Waals surface area contributed by atoms with Crippen LogP contribution in [0.2, 0.25) is 0 Å². The lowest BCUT2D eigenvalue weighted by Crippen LogP contribution is -2.50. The maximum absolute atomic E-state index is 12.8. The summed E-state index contributed by atoms with van der Waals surface area (Å²) in [6, 6.07) is 0.344. The van der Waals surface area contributed by atoms with E-state index in [9.17, 15) is 4.79 Å². The molecule has 0 aromatic carbocycles. The molecule has 22 heavy (non-hydrogen) atoms. The fourth-order valence-electron chi connectivity index (χ4n) is 4.53. The number of likely N-dealkylation sites (N-methyl/N-ethyl adjacent to an activating group) is 1. The number of morpholine rings is 1. The molecule has 2 bridgehead atoms. The molecule has 2 N–H and O–H groups in total. The third-order valence-electron chi connectivity index (χ3n) is 5.99. The molecule has 0 spiro atoms.